The van der Waals surface area contributed by atoms with Gasteiger partial charge in [-0.15, -0.1) is 0 Å². The van der Waals surface area contributed by atoms with Crippen LogP contribution in [0.15, 0.2) is 12.1 Å². The van der Waals surface area contributed by atoms with Gasteiger partial charge in [0.15, 0.2) is 11.5 Å². The highest BCUT2D eigenvalue weighted by Crippen LogP contribution is 2.60. The minimum Gasteiger partial charge on any atom is -0.504 e. The Morgan fingerprint density at radius 1 is 1.35 bits per heavy atom. The average Bonchev–Trinajstić information content (AvgIpc) is 2.52. The summed E-state index contributed by atoms with van der Waals surface area (Å²) in [7, 11) is 3.56. The molecule has 5 heteroatoms. The SMILES string of the molecule is COc1ccc2c(c1O)[C@]13CCN(C)[C@H](C2)[C@]1(O)CCC(=O)C3. The molecule has 2 bridgehead atoms. The fraction of sp³-hybridized carbons (Fsp3) is 0.611. The Bertz CT molecular complexity index is 688. The van der Waals surface area contributed by atoms with Gasteiger partial charge in [0.2, 0.25) is 0 Å². The molecule has 1 heterocycles. The zero-order valence-corrected chi connectivity index (χ0v) is 13.6. The Kier molecular flexibility index (Phi) is 3.06. The third kappa shape index (κ3) is 1.72. The Balaban J connectivity index is 2.01. The number of carbonyl (C=O) groups is 1. The second-order valence-corrected chi connectivity index (χ2v) is 7.32. The third-order valence-corrected chi connectivity index (χ3v) is 6.43. The number of Topliss-reactive ketones (excluding diaryl/α,β-unsaturated/α-hetero) is 1. The van der Waals surface area contributed by atoms with Gasteiger partial charge in [-0.3, -0.25) is 4.79 Å². The summed E-state index contributed by atoms with van der Waals surface area (Å²) in [5, 5.41) is 22.4. The molecule has 0 amide bonds. The molecular formula is C18H23NO4. The first kappa shape index (κ1) is 15.0. The van der Waals surface area contributed by atoms with E-state index in [-0.39, 0.29) is 17.6 Å². The molecule has 1 aromatic rings. The lowest BCUT2D eigenvalue weighted by molar-refractivity contribution is -0.169. The molecule has 3 atom stereocenters. The van der Waals surface area contributed by atoms with Gasteiger partial charge in [0.05, 0.1) is 12.7 Å². The van der Waals surface area contributed by atoms with Crippen molar-refractivity contribution in [1.29, 1.82) is 0 Å². The summed E-state index contributed by atoms with van der Waals surface area (Å²) in [5.41, 5.74) is 0.118. The highest BCUT2D eigenvalue weighted by molar-refractivity contribution is 5.83. The van der Waals surface area contributed by atoms with E-state index in [0.717, 1.165) is 17.7 Å². The molecule has 0 radical (unpaired) electrons. The van der Waals surface area contributed by atoms with Gasteiger partial charge in [-0.2, -0.15) is 0 Å². The lowest BCUT2D eigenvalue weighted by atomic mass is 9.49. The number of ketones is 1. The van der Waals surface area contributed by atoms with E-state index in [1.807, 2.05) is 13.1 Å². The zero-order chi connectivity index (χ0) is 16.4. The molecule has 3 aliphatic rings. The van der Waals surface area contributed by atoms with Crippen LogP contribution in [0.3, 0.4) is 0 Å². The highest BCUT2D eigenvalue weighted by Gasteiger charge is 2.65. The van der Waals surface area contributed by atoms with Gasteiger partial charge in [0.25, 0.3) is 0 Å². The van der Waals surface area contributed by atoms with Crippen molar-refractivity contribution in [3.05, 3.63) is 23.3 Å². The van der Waals surface area contributed by atoms with Crippen LogP contribution in [0.25, 0.3) is 0 Å². The maximum atomic E-state index is 12.3. The smallest absolute Gasteiger partial charge is 0.161 e. The largest absolute Gasteiger partial charge is 0.504 e. The molecule has 1 aliphatic heterocycles. The summed E-state index contributed by atoms with van der Waals surface area (Å²) in [6, 6.07) is 3.74. The second kappa shape index (κ2) is 4.71. The van der Waals surface area contributed by atoms with E-state index in [4.69, 9.17) is 4.74 Å². The number of methoxy groups -OCH3 is 1. The molecule has 0 aromatic heterocycles. The monoisotopic (exact) mass is 317 g/mol. The van der Waals surface area contributed by atoms with Crippen molar-refractivity contribution in [1.82, 2.24) is 4.90 Å². The van der Waals surface area contributed by atoms with Crippen LogP contribution in [0.1, 0.15) is 36.8 Å². The number of carbonyl (C=O) groups excluding carboxylic acids is 1. The number of hydrogen-bond donors (Lipinski definition) is 2. The second-order valence-electron chi connectivity index (χ2n) is 7.32. The molecule has 0 spiro atoms. The van der Waals surface area contributed by atoms with Crippen LogP contribution in [-0.4, -0.2) is 53.2 Å². The Morgan fingerprint density at radius 2 is 2.13 bits per heavy atom. The number of ether oxygens (including phenoxy) is 1. The number of hydrogen-bond acceptors (Lipinski definition) is 5. The summed E-state index contributed by atoms with van der Waals surface area (Å²) in [4.78, 5) is 14.5. The number of piperidine rings is 1. The van der Waals surface area contributed by atoms with E-state index in [1.165, 1.54) is 7.11 Å². The van der Waals surface area contributed by atoms with Crippen molar-refractivity contribution in [3.8, 4) is 11.5 Å². The number of fused-ring (bicyclic) bond motifs is 1. The van der Waals surface area contributed by atoms with Crippen molar-refractivity contribution < 1.29 is 19.7 Å². The molecule has 0 unspecified atom stereocenters. The number of rotatable bonds is 1. The van der Waals surface area contributed by atoms with Crippen LogP contribution in [0.5, 0.6) is 11.5 Å². The molecule has 124 valence electrons. The molecule has 1 saturated heterocycles. The number of nitrogens with zero attached hydrogens (tertiary/aromatic N) is 1. The van der Waals surface area contributed by atoms with Crippen LogP contribution in [0, 0.1) is 0 Å². The van der Waals surface area contributed by atoms with Crippen LogP contribution < -0.4 is 4.74 Å². The van der Waals surface area contributed by atoms with Gasteiger partial charge in [0, 0.05) is 29.9 Å². The first-order valence-corrected chi connectivity index (χ1v) is 8.26. The van der Waals surface area contributed by atoms with Crippen LogP contribution in [0.4, 0.5) is 0 Å². The van der Waals surface area contributed by atoms with Crippen LogP contribution >= 0.6 is 0 Å². The quantitative estimate of drug-likeness (QED) is 0.819. The third-order valence-electron chi connectivity index (χ3n) is 6.43. The summed E-state index contributed by atoms with van der Waals surface area (Å²) in [5.74, 6) is 0.685. The van der Waals surface area contributed by atoms with E-state index in [0.29, 0.717) is 37.9 Å². The van der Waals surface area contributed by atoms with Crippen molar-refractivity contribution in [2.24, 2.45) is 0 Å². The first-order chi connectivity index (χ1) is 10.9. The number of aromatic hydroxyl groups is 1. The average molecular weight is 317 g/mol. The molecule has 5 nitrogen and oxygen atoms in total. The molecule has 1 aromatic carbocycles. The van der Waals surface area contributed by atoms with E-state index >= 15 is 0 Å². The van der Waals surface area contributed by atoms with Gasteiger partial charge < -0.3 is 19.8 Å². The molecular weight excluding hydrogens is 294 g/mol. The van der Waals surface area contributed by atoms with Crippen molar-refractivity contribution >= 4 is 5.78 Å². The van der Waals surface area contributed by atoms with Gasteiger partial charge in [-0.05, 0) is 44.5 Å². The van der Waals surface area contributed by atoms with Gasteiger partial charge in [0.1, 0.15) is 5.78 Å². The molecule has 2 N–H and O–H groups in total. The maximum Gasteiger partial charge on any atom is 0.161 e. The van der Waals surface area contributed by atoms with Crippen LogP contribution in [-0.2, 0) is 16.6 Å². The lowest BCUT2D eigenvalue weighted by Gasteiger charge is -2.62. The molecule has 23 heavy (non-hydrogen) atoms. The number of likely N-dealkylation sites (tertiary alicyclic amines) is 1. The number of phenols is 1. The predicted octanol–water partition coefficient (Wildman–Crippen LogP) is 1.38. The van der Waals surface area contributed by atoms with E-state index in [9.17, 15) is 15.0 Å². The topological polar surface area (TPSA) is 70.0 Å². The zero-order valence-electron chi connectivity index (χ0n) is 13.6. The van der Waals surface area contributed by atoms with Gasteiger partial charge in [-0.25, -0.2) is 0 Å². The summed E-state index contributed by atoms with van der Waals surface area (Å²) < 4.78 is 5.28. The van der Waals surface area contributed by atoms with Gasteiger partial charge in [-0.1, -0.05) is 6.07 Å². The molecule has 1 saturated carbocycles. The first-order valence-electron chi connectivity index (χ1n) is 8.26. The Hall–Kier alpha value is -1.59. The van der Waals surface area contributed by atoms with E-state index < -0.39 is 11.0 Å². The minimum atomic E-state index is -0.968. The van der Waals surface area contributed by atoms with Crippen molar-refractivity contribution in [2.75, 3.05) is 20.7 Å². The van der Waals surface area contributed by atoms with E-state index in [1.54, 1.807) is 6.07 Å². The Morgan fingerprint density at radius 3 is 2.87 bits per heavy atom. The van der Waals surface area contributed by atoms with Gasteiger partial charge >= 0.3 is 0 Å². The maximum absolute atomic E-state index is 12.3. The van der Waals surface area contributed by atoms with Crippen LogP contribution in [0.2, 0.25) is 0 Å². The number of phenolic OH excluding ortho intramolecular Hbond substituents is 1. The Labute approximate surface area is 135 Å². The molecule has 2 aliphatic carbocycles. The van der Waals surface area contributed by atoms with Crippen molar-refractivity contribution in [2.45, 2.75) is 49.2 Å². The fourth-order valence-electron chi connectivity index (χ4n) is 5.27. The summed E-state index contributed by atoms with van der Waals surface area (Å²) in [6.45, 7) is 0.816. The normalized spacial score (nSPS) is 36.3. The standard InChI is InChI=1S/C18H23NO4/c1-19-8-7-17-10-12(20)5-6-18(17,22)14(19)9-11-3-4-13(23-2)16(21)15(11)17/h3-4,14,21-22H,5-10H2,1-2H3/t14-,17-,18-/m1/s1. The minimum absolute atomic E-state index is 0.00959. The fourth-order valence-corrected chi connectivity index (χ4v) is 5.27. The predicted molar refractivity (Wildman–Crippen MR) is 84.9 cm³/mol. The highest BCUT2D eigenvalue weighted by atomic mass is 16.5. The summed E-state index contributed by atoms with van der Waals surface area (Å²) in [6.07, 6.45) is 2.56. The summed E-state index contributed by atoms with van der Waals surface area (Å²) >= 11 is 0. The molecule has 2 fully saturated rings. The number of aliphatic hydroxyl groups is 1. The van der Waals surface area contributed by atoms with E-state index in [2.05, 4.69) is 4.90 Å². The number of benzene rings is 1. The lowest BCUT2D eigenvalue weighted by Crippen LogP contribution is -2.72. The van der Waals surface area contributed by atoms with Crippen molar-refractivity contribution in [3.63, 3.8) is 0 Å². The number of likely N-dealkylation sites (N-methyl/N-ethyl adjacent to an activating group) is 1. The molecule has 4 rings (SSSR count).